The Hall–Kier alpha value is -1.51. The molecule has 128 valence electrons. The maximum atomic E-state index is 13.3. The molecule has 0 unspecified atom stereocenters. The number of likely N-dealkylation sites (N-methyl/N-ethyl adjacent to an activating group) is 1. The van der Waals surface area contributed by atoms with Crippen molar-refractivity contribution in [3.05, 3.63) is 30.1 Å². The van der Waals surface area contributed by atoms with Gasteiger partial charge in [-0.15, -0.1) is 0 Å². The molecule has 1 amide bonds. The number of hydrogen-bond donors (Lipinski definition) is 0. The number of benzene rings is 1. The van der Waals surface area contributed by atoms with Gasteiger partial charge in [0.2, 0.25) is 15.9 Å². The number of halogens is 1. The van der Waals surface area contributed by atoms with Crippen molar-refractivity contribution in [1.29, 1.82) is 0 Å². The third-order valence-electron chi connectivity index (χ3n) is 3.84. The van der Waals surface area contributed by atoms with E-state index in [4.69, 9.17) is 0 Å². The second-order valence-corrected chi connectivity index (χ2v) is 7.72. The van der Waals surface area contributed by atoms with E-state index in [-0.39, 0.29) is 17.3 Å². The quantitative estimate of drug-likeness (QED) is 0.804. The van der Waals surface area contributed by atoms with Crippen LogP contribution in [0, 0.1) is 5.82 Å². The van der Waals surface area contributed by atoms with Crippen LogP contribution in [0.1, 0.15) is 6.42 Å². The summed E-state index contributed by atoms with van der Waals surface area (Å²) in [5.74, 6) is -0.578. The maximum absolute atomic E-state index is 13.3. The summed E-state index contributed by atoms with van der Waals surface area (Å²) in [7, 11) is -0.314. The Bertz CT molecular complexity index is 664. The van der Waals surface area contributed by atoms with Gasteiger partial charge in [-0.05, 0) is 31.2 Å². The molecule has 23 heavy (non-hydrogen) atoms. The molecule has 1 fully saturated rings. The first-order valence-electron chi connectivity index (χ1n) is 7.49. The van der Waals surface area contributed by atoms with Crippen LogP contribution in [0.15, 0.2) is 29.2 Å². The van der Waals surface area contributed by atoms with Gasteiger partial charge in [-0.2, -0.15) is 4.31 Å². The summed E-state index contributed by atoms with van der Waals surface area (Å²) >= 11 is 0. The SMILES string of the molecule is CN(C)C(=O)CN1CCCN(S(=O)(=O)c2cccc(F)c2)CC1. The summed E-state index contributed by atoms with van der Waals surface area (Å²) in [5.41, 5.74) is 0. The Morgan fingerprint density at radius 2 is 1.96 bits per heavy atom. The third kappa shape index (κ3) is 4.49. The van der Waals surface area contributed by atoms with E-state index in [9.17, 15) is 17.6 Å². The van der Waals surface area contributed by atoms with Gasteiger partial charge in [0, 0.05) is 33.7 Å². The predicted octanol–water partition coefficient (Wildman–Crippen LogP) is 0.610. The number of carbonyl (C=O) groups excluding carboxylic acids is 1. The molecular formula is C15H22FN3O3S. The monoisotopic (exact) mass is 343 g/mol. The molecule has 0 saturated carbocycles. The molecule has 0 radical (unpaired) electrons. The number of rotatable bonds is 4. The van der Waals surface area contributed by atoms with Gasteiger partial charge >= 0.3 is 0 Å². The number of hydrogen-bond acceptors (Lipinski definition) is 4. The van der Waals surface area contributed by atoms with Gasteiger partial charge < -0.3 is 4.90 Å². The van der Waals surface area contributed by atoms with Crippen LogP contribution in [0.3, 0.4) is 0 Å². The lowest BCUT2D eigenvalue weighted by atomic mass is 10.4. The van der Waals surface area contributed by atoms with Gasteiger partial charge in [-0.1, -0.05) is 6.07 Å². The van der Waals surface area contributed by atoms with Crippen LogP contribution in [0.4, 0.5) is 4.39 Å². The van der Waals surface area contributed by atoms with Crippen LogP contribution in [-0.2, 0) is 14.8 Å². The van der Waals surface area contributed by atoms with Crippen LogP contribution in [0.2, 0.25) is 0 Å². The molecule has 0 N–H and O–H groups in total. The highest BCUT2D eigenvalue weighted by Gasteiger charge is 2.27. The van der Waals surface area contributed by atoms with E-state index in [0.717, 1.165) is 6.07 Å². The van der Waals surface area contributed by atoms with Gasteiger partial charge in [0.15, 0.2) is 0 Å². The average Bonchev–Trinajstić information content (AvgIpc) is 2.73. The fourth-order valence-electron chi connectivity index (χ4n) is 2.45. The third-order valence-corrected chi connectivity index (χ3v) is 5.73. The molecular weight excluding hydrogens is 321 g/mol. The lowest BCUT2D eigenvalue weighted by Crippen LogP contribution is -2.39. The predicted molar refractivity (Wildman–Crippen MR) is 84.9 cm³/mol. The zero-order chi connectivity index (χ0) is 17.0. The zero-order valence-corrected chi connectivity index (χ0v) is 14.2. The average molecular weight is 343 g/mol. The molecule has 1 heterocycles. The summed E-state index contributed by atoms with van der Waals surface area (Å²) in [6, 6.07) is 5.04. The lowest BCUT2D eigenvalue weighted by molar-refractivity contribution is -0.129. The van der Waals surface area contributed by atoms with Crippen molar-refractivity contribution in [3.8, 4) is 0 Å². The molecule has 1 aliphatic heterocycles. The topological polar surface area (TPSA) is 60.9 Å². The smallest absolute Gasteiger partial charge is 0.243 e. The molecule has 0 bridgehead atoms. The van der Waals surface area contributed by atoms with E-state index < -0.39 is 15.8 Å². The molecule has 6 nitrogen and oxygen atoms in total. The largest absolute Gasteiger partial charge is 0.348 e. The van der Waals surface area contributed by atoms with Gasteiger partial charge in [0.25, 0.3) is 0 Å². The van der Waals surface area contributed by atoms with Crippen LogP contribution in [-0.4, -0.2) is 75.2 Å². The fraction of sp³-hybridized carbons (Fsp3) is 0.533. The summed E-state index contributed by atoms with van der Waals surface area (Å²) in [6.45, 7) is 2.08. The Balaban J connectivity index is 2.06. The van der Waals surface area contributed by atoms with Crippen molar-refractivity contribution in [2.45, 2.75) is 11.3 Å². The van der Waals surface area contributed by atoms with Crippen molar-refractivity contribution in [1.82, 2.24) is 14.1 Å². The minimum absolute atomic E-state index is 0.00793. The first kappa shape index (κ1) is 17.8. The number of carbonyl (C=O) groups is 1. The molecule has 0 spiro atoms. The maximum Gasteiger partial charge on any atom is 0.243 e. The minimum Gasteiger partial charge on any atom is -0.348 e. The van der Waals surface area contributed by atoms with E-state index in [1.165, 1.54) is 27.4 Å². The zero-order valence-electron chi connectivity index (χ0n) is 13.4. The normalized spacial score (nSPS) is 17.7. The molecule has 0 aromatic heterocycles. The summed E-state index contributed by atoms with van der Waals surface area (Å²) in [5, 5.41) is 0. The molecule has 1 saturated heterocycles. The molecule has 8 heteroatoms. The first-order valence-corrected chi connectivity index (χ1v) is 8.93. The van der Waals surface area contributed by atoms with E-state index in [1.807, 2.05) is 4.90 Å². The van der Waals surface area contributed by atoms with Gasteiger partial charge in [-0.25, -0.2) is 12.8 Å². The second kappa shape index (κ2) is 7.37. The Morgan fingerprint density at radius 1 is 1.22 bits per heavy atom. The van der Waals surface area contributed by atoms with Gasteiger partial charge in [-0.3, -0.25) is 9.69 Å². The molecule has 0 atom stereocenters. The Kier molecular flexibility index (Phi) is 5.72. The highest BCUT2D eigenvalue weighted by Crippen LogP contribution is 2.18. The van der Waals surface area contributed by atoms with Crippen LogP contribution < -0.4 is 0 Å². The van der Waals surface area contributed by atoms with Crippen molar-refractivity contribution in [3.63, 3.8) is 0 Å². The molecule has 1 aromatic carbocycles. The molecule has 1 aromatic rings. The first-order chi connectivity index (χ1) is 10.8. The highest BCUT2D eigenvalue weighted by atomic mass is 32.2. The summed E-state index contributed by atoms with van der Waals surface area (Å²) in [6.07, 6.45) is 0.634. The van der Waals surface area contributed by atoms with Crippen LogP contribution in [0.5, 0.6) is 0 Å². The second-order valence-electron chi connectivity index (χ2n) is 5.78. The van der Waals surface area contributed by atoms with E-state index in [1.54, 1.807) is 14.1 Å². The standard InChI is InChI=1S/C15H22FN3O3S/c1-17(2)15(20)12-18-7-4-8-19(10-9-18)23(21,22)14-6-3-5-13(16)11-14/h3,5-6,11H,4,7-10,12H2,1-2H3. The Morgan fingerprint density at radius 3 is 2.61 bits per heavy atom. The van der Waals surface area contributed by atoms with E-state index in [0.29, 0.717) is 32.6 Å². The fourth-order valence-corrected chi connectivity index (χ4v) is 3.96. The van der Waals surface area contributed by atoms with Crippen molar-refractivity contribution >= 4 is 15.9 Å². The molecule has 0 aliphatic carbocycles. The number of sulfonamides is 1. The minimum atomic E-state index is -3.70. The van der Waals surface area contributed by atoms with E-state index in [2.05, 4.69) is 0 Å². The number of nitrogens with zero attached hydrogens (tertiary/aromatic N) is 3. The van der Waals surface area contributed by atoms with Crippen LogP contribution in [0.25, 0.3) is 0 Å². The van der Waals surface area contributed by atoms with Crippen molar-refractivity contribution < 1.29 is 17.6 Å². The molecule has 2 rings (SSSR count). The highest BCUT2D eigenvalue weighted by molar-refractivity contribution is 7.89. The van der Waals surface area contributed by atoms with Crippen molar-refractivity contribution in [2.24, 2.45) is 0 Å². The number of amides is 1. The molecule has 1 aliphatic rings. The van der Waals surface area contributed by atoms with Crippen molar-refractivity contribution in [2.75, 3.05) is 46.8 Å². The summed E-state index contributed by atoms with van der Waals surface area (Å²) < 4.78 is 39.8. The van der Waals surface area contributed by atoms with Gasteiger partial charge in [0.05, 0.1) is 11.4 Å². The van der Waals surface area contributed by atoms with E-state index >= 15 is 0 Å². The lowest BCUT2D eigenvalue weighted by Gasteiger charge is -2.22. The Labute approximate surface area is 136 Å². The summed E-state index contributed by atoms with van der Waals surface area (Å²) in [4.78, 5) is 15.2. The van der Waals surface area contributed by atoms with Crippen LogP contribution >= 0.6 is 0 Å². The van der Waals surface area contributed by atoms with Gasteiger partial charge in [0.1, 0.15) is 5.82 Å².